The normalized spacial score (nSPS) is 10.7. The molecule has 4 nitrogen and oxygen atoms in total. The number of hydrogen-bond acceptors (Lipinski definition) is 4. The van der Waals surface area contributed by atoms with Gasteiger partial charge in [0, 0.05) is 5.69 Å². The van der Waals surface area contributed by atoms with Crippen molar-refractivity contribution in [2.24, 2.45) is 0 Å². The van der Waals surface area contributed by atoms with Crippen LogP contribution in [0.1, 0.15) is 22.6 Å². The van der Waals surface area contributed by atoms with Gasteiger partial charge in [-0.05, 0) is 55.5 Å². The summed E-state index contributed by atoms with van der Waals surface area (Å²) in [4.78, 5) is 17.7. The molecular weight excluding hydrogens is 308 g/mol. The molecule has 3 aromatic rings. The van der Waals surface area contributed by atoms with Crippen molar-refractivity contribution >= 4 is 22.9 Å². The molecule has 0 radical (unpaired) electrons. The van der Waals surface area contributed by atoms with Crippen molar-refractivity contribution in [2.45, 2.75) is 27.2 Å². The summed E-state index contributed by atoms with van der Waals surface area (Å²) in [5.41, 5.74) is 3.84. The second kappa shape index (κ2) is 6.38. The minimum atomic E-state index is -0.0950. The molecule has 1 N–H and O–H groups in total. The number of thiophene rings is 1. The number of oxazole rings is 1. The molecular formula is C18H18N2O2S. The molecule has 0 saturated carbocycles. The number of hydrogen-bond donors (Lipinski definition) is 1. The van der Waals surface area contributed by atoms with Crippen LogP contribution >= 0.6 is 11.3 Å². The van der Waals surface area contributed by atoms with E-state index >= 15 is 0 Å². The summed E-state index contributed by atoms with van der Waals surface area (Å²) in [7, 11) is 0. The number of aryl methyl sites for hydroxylation is 3. The van der Waals surface area contributed by atoms with Gasteiger partial charge >= 0.3 is 0 Å². The Morgan fingerprint density at radius 2 is 2.04 bits per heavy atom. The fourth-order valence-electron chi connectivity index (χ4n) is 2.27. The lowest BCUT2D eigenvalue weighted by molar-refractivity contribution is -0.115. The van der Waals surface area contributed by atoms with Gasteiger partial charge in [-0.3, -0.25) is 4.79 Å². The zero-order valence-electron chi connectivity index (χ0n) is 13.3. The lowest BCUT2D eigenvalue weighted by Gasteiger charge is -2.07. The molecule has 118 valence electrons. The third kappa shape index (κ3) is 3.51. The highest BCUT2D eigenvalue weighted by Crippen LogP contribution is 2.26. The molecule has 0 unspecified atom stereocenters. The van der Waals surface area contributed by atoms with Gasteiger partial charge in [0.1, 0.15) is 5.76 Å². The number of nitrogens with zero attached hydrogens (tertiary/aromatic N) is 1. The van der Waals surface area contributed by atoms with Gasteiger partial charge in [-0.1, -0.05) is 12.1 Å². The van der Waals surface area contributed by atoms with E-state index < -0.39 is 0 Å². The van der Waals surface area contributed by atoms with Crippen molar-refractivity contribution in [2.75, 3.05) is 5.32 Å². The molecule has 0 saturated heterocycles. The largest absolute Gasteiger partial charge is 0.440 e. The molecule has 0 spiro atoms. The Morgan fingerprint density at radius 1 is 1.22 bits per heavy atom. The van der Waals surface area contributed by atoms with E-state index in [-0.39, 0.29) is 12.3 Å². The van der Waals surface area contributed by atoms with Crippen LogP contribution < -0.4 is 5.32 Å². The molecule has 0 atom stereocenters. The Morgan fingerprint density at radius 3 is 2.74 bits per heavy atom. The van der Waals surface area contributed by atoms with E-state index in [1.807, 2.05) is 56.5 Å². The second-order valence-electron chi connectivity index (χ2n) is 5.52. The molecule has 3 rings (SSSR count). The number of aromatic nitrogens is 1. The van der Waals surface area contributed by atoms with Crippen LogP contribution in [0.2, 0.25) is 0 Å². The average Bonchev–Trinajstić information content (AvgIpc) is 3.13. The average molecular weight is 326 g/mol. The number of amides is 1. The van der Waals surface area contributed by atoms with Crippen molar-refractivity contribution in [3.8, 4) is 10.8 Å². The van der Waals surface area contributed by atoms with Gasteiger partial charge in [0.25, 0.3) is 0 Å². The van der Waals surface area contributed by atoms with Crippen LogP contribution in [0.4, 0.5) is 5.69 Å². The molecule has 2 heterocycles. The summed E-state index contributed by atoms with van der Waals surface area (Å²) < 4.78 is 5.66. The highest BCUT2D eigenvalue weighted by Gasteiger charge is 2.15. The predicted molar refractivity (Wildman–Crippen MR) is 92.8 cm³/mol. The molecule has 1 amide bonds. The minimum Gasteiger partial charge on any atom is -0.440 e. The van der Waals surface area contributed by atoms with Gasteiger partial charge < -0.3 is 9.73 Å². The lowest BCUT2D eigenvalue weighted by atomic mass is 10.1. The van der Waals surface area contributed by atoms with E-state index in [0.717, 1.165) is 16.1 Å². The summed E-state index contributed by atoms with van der Waals surface area (Å²) >= 11 is 1.57. The van der Waals surface area contributed by atoms with Gasteiger partial charge in [-0.25, -0.2) is 4.98 Å². The first kappa shape index (κ1) is 15.5. The van der Waals surface area contributed by atoms with Crippen molar-refractivity contribution in [1.29, 1.82) is 0 Å². The summed E-state index contributed by atoms with van der Waals surface area (Å²) in [6.07, 6.45) is 0.202. The SMILES string of the molecule is Cc1ccc(NC(=O)Cc2nc(-c3cccs3)oc2C)cc1C. The second-order valence-corrected chi connectivity index (χ2v) is 6.47. The molecule has 0 aliphatic carbocycles. The van der Waals surface area contributed by atoms with Gasteiger partial charge in [0.2, 0.25) is 11.8 Å². The molecule has 5 heteroatoms. The molecule has 0 fully saturated rings. The van der Waals surface area contributed by atoms with Crippen LogP contribution in [0, 0.1) is 20.8 Å². The minimum absolute atomic E-state index is 0.0950. The van der Waals surface area contributed by atoms with E-state index in [1.54, 1.807) is 11.3 Å². The predicted octanol–water partition coefficient (Wildman–Crippen LogP) is 4.51. The fourth-order valence-corrected chi connectivity index (χ4v) is 2.92. The summed E-state index contributed by atoms with van der Waals surface area (Å²) in [5.74, 6) is 1.16. The van der Waals surface area contributed by atoms with Gasteiger partial charge in [-0.2, -0.15) is 0 Å². The van der Waals surface area contributed by atoms with Crippen LogP contribution in [0.3, 0.4) is 0 Å². The van der Waals surface area contributed by atoms with Crippen molar-refractivity contribution in [1.82, 2.24) is 4.98 Å². The zero-order chi connectivity index (χ0) is 16.4. The Labute approximate surface area is 139 Å². The van der Waals surface area contributed by atoms with Gasteiger partial charge in [0.15, 0.2) is 0 Å². The van der Waals surface area contributed by atoms with E-state index in [4.69, 9.17) is 4.42 Å². The standard InChI is InChI=1S/C18H18N2O2S/c1-11-6-7-14(9-12(11)2)19-17(21)10-15-13(3)22-18(20-15)16-5-4-8-23-16/h4-9H,10H2,1-3H3,(H,19,21). The monoisotopic (exact) mass is 326 g/mol. The van der Waals surface area contributed by atoms with Gasteiger partial charge in [-0.15, -0.1) is 11.3 Å². The number of nitrogens with one attached hydrogen (secondary N) is 1. The number of carbonyl (C=O) groups is 1. The third-order valence-corrected chi connectivity index (χ3v) is 4.60. The van der Waals surface area contributed by atoms with Crippen molar-refractivity contribution in [3.05, 3.63) is 58.3 Å². The quantitative estimate of drug-likeness (QED) is 0.767. The Balaban J connectivity index is 1.71. The maximum atomic E-state index is 12.2. The molecule has 0 bridgehead atoms. The summed E-state index contributed by atoms with van der Waals surface area (Å²) in [6.45, 7) is 5.91. The smallest absolute Gasteiger partial charge is 0.236 e. The third-order valence-electron chi connectivity index (χ3n) is 3.74. The van der Waals surface area contributed by atoms with Crippen LogP contribution in [0.15, 0.2) is 40.1 Å². The summed E-state index contributed by atoms with van der Waals surface area (Å²) in [5, 5.41) is 4.88. The number of benzene rings is 1. The zero-order valence-corrected chi connectivity index (χ0v) is 14.2. The van der Waals surface area contributed by atoms with Gasteiger partial charge in [0.05, 0.1) is 17.0 Å². The molecule has 0 aliphatic rings. The lowest BCUT2D eigenvalue weighted by Crippen LogP contribution is -2.15. The highest BCUT2D eigenvalue weighted by atomic mass is 32.1. The molecule has 1 aromatic carbocycles. The van der Waals surface area contributed by atoms with E-state index in [2.05, 4.69) is 10.3 Å². The first-order valence-electron chi connectivity index (χ1n) is 7.40. The fraction of sp³-hybridized carbons (Fsp3) is 0.222. The van der Waals surface area contributed by atoms with E-state index in [1.165, 1.54) is 5.56 Å². The number of rotatable bonds is 4. The topological polar surface area (TPSA) is 55.1 Å². The first-order chi connectivity index (χ1) is 11.0. The maximum Gasteiger partial charge on any atom is 0.236 e. The van der Waals surface area contributed by atoms with Crippen LogP contribution in [0.25, 0.3) is 10.8 Å². The van der Waals surface area contributed by atoms with Crippen LogP contribution in [-0.2, 0) is 11.2 Å². The van der Waals surface area contributed by atoms with Crippen LogP contribution in [0.5, 0.6) is 0 Å². The Hall–Kier alpha value is -2.40. The van der Waals surface area contributed by atoms with Crippen molar-refractivity contribution < 1.29 is 9.21 Å². The molecule has 2 aromatic heterocycles. The number of carbonyl (C=O) groups excluding carboxylic acids is 1. The number of anilines is 1. The highest BCUT2D eigenvalue weighted by molar-refractivity contribution is 7.13. The summed E-state index contributed by atoms with van der Waals surface area (Å²) in [6, 6.07) is 9.79. The van der Waals surface area contributed by atoms with E-state index in [0.29, 0.717) is 17.3 Å². The first-order valence-corrected chi connectivity index (χ1v) is 8.28. The molecule has 0 aliphatic heterocycles. The maximum absolute atomic E-state index is 12.2. The van der Waals surface area contributed by atoms with Crippen molar-refractivity contribution in [3.63, 3.8) is 0 Å². The van der Waals surface area contributed by atoms with Crippen LogP contribution in [-0.4, -0.2) is 10.9 Å². The van der Waals surface area contributed by atoms with E-state index in [9.17, 15) is 4.79 Å². The Bertz CT molecular complexity index is 835. The molecule has 23 heavy (non-hydrogen) atoms. The Kier molecular flexibility index (Phi) is 4.30.